The fraction of sp³-hybridized carbons (Fsp3) is 0.667. The van der Waals surface area contributed by atoms with Gasteiger partial charge in [-0.3, -0.25) is 9.69 Å². The Morgan fingerprint density at radius 2 is 2.00 bits per heavy atom. The third-order valence-electron chi connectivity index (χ3n) is 5.48. The van der Waals surface area contributed by atoms with Gasteiger partial charge in [-0.05, 0) is 49.9 Å². The van der Waals surface area contributed by atoms with Gasteiger partial charge in [-0.15, -0.1) is 0 Å². The Balaban J connectivity index is 1.52. The van der Waals surface area contributed by atoms with Crippen molar-refractivity contribution in [3.8, 4) is 0 Å². The van der Waals surface area contributed by atoms with Crippen LogP contribution in [-0.4, -0.2) is 74.7 Å². The van der Waals surface area contributed by atoms with Crippen LogP contribution in [0.3, 0.4) is 0 Å². The van der Waals surface area contributed by atoms with E-state index in [1.807, 2.05) is 17.0 Å². The molecule has 26 heavy (non-hydrogen) atoms. The van der Waals surface area contributed by atoms with Gasteiger partial charge in [-0.1, -0.05) is 25.1 Å². The maximum atomic E-state index is 13.1. The second-order valence-corrected chi connectivity index (χ2v) is 7.47. The van der Waals surface area contributed by atoms with E-state index in [-0.39, 0.29) is 5.91 Å². The average molecular weight is 360 g/mol. The highest BCUT2D eigenvalue weighted by atomic mass is 16.5. The Hall–Kier alpha value is -1.43. The molecule has 2 saturated heterocycles. The van der Waals surface area contributed by atoms with Gasteiger partial charge in [0.05, 0.1) is 6.61 Å². The van der Waals surface area contributed by atoms with Gasteiger partial charge < -0.3 is 15.0 Å². The van der Waals surface area contributed by atoms with Crippen molar-refractivity contribution in [3.63, 3.8) is 0 Å². The molecular weight excluding hydrogens is 326 g/mol. The summed E-state index contributed by atoms with van der Waals surface area (Å²) in [6, 6.07) is 8.19. The van der Waals surface area contributed by atoms with Gasteiger partial charge in [0.1, 0.15) is 0 Å². The summed E-state index contributed by atoms with van der Waals surface area (Å²) in [5.41, 5.74) is 2.11. The molecule has 1 aromatic rings. The van der Waals surface area contributed by atoms with Crippen molar-refractivity contribution in [1.82, 2.24) is 15.1 Å². The SMILES string of the molecule is CCCOCCN1CCN(C(=O)c2ccccc2CC2CCNC2)CC1. The highest BCUT2D eigenvalue weighted by molar-refractivity contribution is 5.95. The zero-order chi connectivity index (χ0) is 18.2. The minimum Gasteiger partial charge on any atom is -0.380 e. The molecule has 1 atom stereocenters. The molecule has 2 fully saturated rings. The Labute approximate surface area is 157 Å². The second-order valence-electron chi connectivity index (χ2n) is 7.47. The van der Waals surface area contributed by atoms with Gasteiger partial charge in [0, 0.05) is 44.9 Å². The van der Waals surface area contributed by atoms with Crippen LogP contribution in [0.25, 0.3) is 0 Å². The molecule has 0 aromatic heterocycles. The standard InChI is InChI=1S/C21H33N3O2/c1-2-14-26-15-13-23-9-11-24(12-10-23)21(25)20-6-4-3-5-19(20)16-18-7-8-22-17-18/h3-6,18,22H,2,7-17H2,1H3. The lowest BCUT2D eigenvalue weighted by Gasteiger charge is -2.35. The number of benzene rings is 1. The molecule has 0 radical (unpaired) electrons. The van der Waals surface area contributed by atoms with Crippen LogP contribution in [0.15, 0.2) is 24.3 Å². The third-order valence-corrected chi connectivity index (χ3v) is 5.48. The van der Waals surface area contributed by atoms with E-state index in [0.717, 1.165) is 77.4 Å². The molecule has 2 aliphatic heterocycles. The Kier molecular flexibility index (Phi) is 7.47. The lowest BCUT2D eigenvalue weighted by molar-refractivity contribution is 0.0551. The number of ether oxygens (including phenoxy) is 1. The fourth-order valence-corrected chi connectivity index (χ4v) is 3.89. The summed E-state index contributed by atoms with van der Waals surface area (Å²) >= 11 is 0. The first-order valence-corrected chi connectivity index (χ1v) is 10.2. The van der Waals surface area contributed by atoms with Crippen molar-refractivity contribution < 1.29 is 9.53 Å². The van der Waals surface area contributed by atoms with E-state index in [2.05, 4.69) is 29.3 Å². The predicted octanol–water partition coefficient (Wildman–Crippen LogP) is 2.02. The Morgan fingerprint density at radius 3 is 2.73 bits per heavy atom. The molecule has 144 valence electrons. The number of hydrogen-bond donors (Lipinski definition) is 1. The fourth-order valence-electron chi connectivity index (χ4n) is 3.89. The van der Waals surface area contributed by atoms with Crippen LogP contribution in [-0.2, 0) is 11.2 Å². The van der Waals surface area contributed by atoms with Gasteiger partial charge in [-0.25, -0.2) is 0 Å². The van der Waals surface area contributed by atoms with Gasteiger partial charge in [0.25, 0.3) is 5.91 Å². The maximum absolute atomic E-state index is 13.1. The lowest BCUT2D eigenvalue weighted by Crippen LogP contribution is -2.49. The van der Waals surface area contributed by atoms with Crippen LogP contribution in [0.5, 0.6) is 0 Å². The zero-order valence-corrected chi connectivity index (χ0v) is 16.1. The molecule has 0 spiro atoms. The Morgan fingerprint density at radius 1 is 1.19 bits per heavy atom. The van der Waals surface area contributed by atoms with Gasteiger partial charge in [0.15, 0.2) is 0 Å². The molecule has 0 saturated carbocycles. The van der Waals surface area contributed by atoms with E-state index in [4.69, 9.17) is 4.74 Å². The number of nitrogens with one attached hydrogen (secondary N) is 1. The number of carbonyl (C=O) groups excluding carboxylic acids is 1. The quantitative estimate of drug-likeness (QED) is 0.722. The second kappa shape index (κ2) is 10.0. The highest BCUT2D eigenvalue weighted by Crippen LogP contribution is 2.20. The number of nitrogens with zero attached hydrogens (tertiary/aromatic N) is 2. The summed E-state index contributed by atoms with van der Waals surface area (Å²) in [6.45, 7) is 10.4. The number of rotatable bonds is 8. The lowest BCUT2D eigenvalue weighted by atomic mass is 9.94. The van der Waals surface area contributed by atoms with Gasteiger partial charge in [-0.2, -0.15) is 0 Å². The normalized spacial score (nSPS) is 21.3. The van der Waals surface area contributed by atoms with Crippen molar-refractivity contribution in [2.45, 2.75) is 26.2 Å². The van der Waals surface area contributed by atoms with E-state index >= 15 is 0 Å². The molecule has 0 aliphatic carbocycles. The summed E-state index contributed by atoms with van der Waals surface area (Å²) in [4.78, 5) is 17.5. The van der Waals surface area contributed by atoms with E-state index in [9.17, 15) is 4.79 Å². The molecule has 5 heteroatoms. The molecule has 0 bridgehead atoms. The van der Waals surface area contributed by atoms with E-state index in [0.29, 0.717) is 5.92 Å². The van der Waals surface area contributed by atoms with Crippen LogP contribution < -0.4 is 5.32 Å². The van der Waals surface area contributed by atoms with Crippen LogP contribution >= 0.6 is 0 Å². The molecule has 2 heterocycles. The molecule has 1 N–H and O–H groups in total. The first-order chi connectivity index (χ1) is 12.8. The van der Waals surface area contributed by atoms with Crippen molar-refractivity contribution in [3.05, 3.63) is 35.4 Å². The monoisotopic (exact) mass is 359 g/mol. The molecule has 5 nitrogen and oxygen atoms in total. The molecular formula is C21H33N3O2. The summed E-state index contributed by atoms with van der Waals surface area (Å²) in [7, 11) is 0. The van der Waals surface area contributed by atoms with E-state index in [1.54, 1.807) is 0 Å². The van der Waals surface area contributed by atoms with Crippen molar-refractivity contribution in [2.75, 3.05) is 59.0 Å². The summed E-state index contributed by atoms with van der Waals surface area (Å²) in [5.74, 6) is 0.859. The minimum absolute atomic E-state index is 0.202. The molecule has 1 unspecified atom stereocenters. The Bertz CT molecular complexity index is 564. The first kappa shape index (κ1) is 19.3. The zero-order valence-electron chi connectivity index (χ0n) is 16.1. The van der Waals surface area contributed by atoms with Crippen LogP contribution in [0.1, 0.15) is 35.7 Å². The first-order valence-electron chi connectivity index (χ1n) is 10.2. The van der Waals surface area contributed by atoms with Gasteiger partial charge in [0.2, 0.25) is 0 Å². The largest absolute Gasteiger partial charge is 0.380 e. The van der Waals surface area contributed by atoms with Crippen molar-refractivity contribution in [1.29, 1.82) is 0 Å². The number of hydrogen-bond acceptors (Lipinski definition) is 4. The predicted molar refractivity (Wildman–Crippen MR) is 105 cm³/mol. The summed E-state index contributed by atoms with van der Waals surface area (Å²) in [6.07, 6.45) is 3.28. The molecule has 3 rings (SSSR count). The van der Waals surface area contributed by atoms with E-state index in [1.165, 1.54) is 12.0 Å². The summed E-state index contributed by atoms with van der Waals surface area (Å²) < 4.78 is 5.58. The minimum atomic E-state index is 0.202. The smallest absolute Gasteiger partial charge is 0.254 e. The molecule has 2 aliphatic rings. The van der Waals surface area contributed by atoms with Crippen LogP contribution in [0.2, 0.25) is 0 Å². The maximum Gasteiger partial charge on any atom is 0.254 e. The topological polar surface area (TPSA) is 44.8 Å². The third kappa shape index (κ3) is 5.29. The summed E-state index contributed by atoms with van der Waals surface area (Å²) in [5, 5.41) is 3.42. The van der Waals surface area contributed by atoms with Crippen molar-refractivity contribution in [2.24, 2.45) is 5.92 Å². The molecule has 1 amide bonds. The average Bonchev–Trinajstić information content (AvgIpc) is 3.19. The van der Waals surface area contributed by atoms with E-state index < -0.39 is 0 Å². The number of amides is 1. The van der Waals surface area contributed by atoms with Gasteiger partial charge >= 0.3 is 0 Å². The van der Waals surface area contributed by atoms with Crippen LogP contribution in [0.4, 0.5) is 0 Å². The number of carbonyl (C=O) groups is 1. The number of piperazine rings is 1. The van der Waals surface area contributed by atoms with Crippen LogP contribution in [0, 0.1) is 5.92 Å². The highest BCUT2D eigenvalue weighted by Gasteiger charge is 2.24. The van der Waals surface area contributed by atoms with Crippen molar-refractivity contribution >= 4 is 5.91 Å². The molecule has 1 aromatic carbocycles.